The molecule has 0 spiro atoms. The number of carbonyl (C=O) groups excluding carboxylic acids is 2. The van der Waals surface area contributed by atoms with E-state index in [9.17, 15) is 14.4 Å². The molecule has 0 bridgehead atoms. The van der Waals surface area contributed by atoms with Gasteiger partial charge in [0.1, 0.15) is 6.61 Å². The minimum atomic E-state index is -0.868. The SMILES string of the molecule is O=C(O)CSCCNC(=O)C1COC(CNC(=O)OCC2c3ccccc3-c3ccccc32)C1. The number of aliphatic carboxylic acids is 1. The van der Waals surface area contributed by atoms with Crippen LogP contribution in [0.4, 0.5) is 4.79 Å². The normalized spacial score (nSPS) is 18.7. The van der Waals surface area contributed by atoms with Crippen LogP contribution in [0.5, 0.6) is 0 Å². The molecule has 1 aliphatic carbocycles. The second-order valence-electron chi connectivity index (χ2n) is 8.33. The third kappa shape index (κ3) is 5.90. The average molecular weight is 485 g/mol. The Morgan fingerprint density at radius 2 is 1.71 bits per heavy atom. The molecule has 2 unspecified atom stereocenters. The molecule has 1 fully saturated rings. The number of rotatable bonds is 10. The first-order valence-electron chi connectivity index (χ1n) is 11.3. The molecule has 2 aliphatic rings. The zero-order chi connectivity index (χ0) is 23.9. The molecule has 0 saturated carbocycles. The molecule has 2 atom stereocenters. The number of alkyl carbamates (subject to hydrolysis) is 1. The van der Waals surface area contributed by atoms with Crippen molar-refractivity contribution in [1.29, 1.82) is 0 Å². The molecular formula is C25H28N2O6S. The third-order valence-electron chi connectivity index (χ3n) is 6.04. The lowest BCUT2D eigenvalue weighted by molar-refractivity contribution is -0.134. The monoisotopic (exact) mass is 484 g/mol. The molecule has 1 heterocycles. The Morgan fingerprint density at radius 1 is 1.03 bits per heavy atom. The zero-order valence-electron chi connectivity index (χ0n) is 18.7. The highest BCUT2D eigenvalue weighted by atomic mass is 32.2. The van der Waals surface area contributed by atoms with Crippen LogP contribution in [0, 0.1) is 5.92 Å². The van der Waals surface area contributed by atoms with Gasteiger partial charge >= 0.3 is 12.1 Å². The van der Waals surface area contributed by atoms with Crippen molar-refractivity contribution in [3.8, 4) is 11.1 Å². The van der Waals surface area contributed by atoms with Crippen molar-refractivity contribution in [1.82, 2.24) is 10.6 Å². The second kappa shape index (κ2) is 11.4. The summed E-state index contributed by atoms with van der Waals surface area (Å²) in [4.78, 5) is 35.1. The molecular weight excluding hydrogens is 456 g/mol. The highest BCUT2D eigenvalue weighted by molar-refractivity contribution is 7.99. The van der Waals surface area contributed by atoms with Crippen LogP contribution < -0.4 is 10.6 Å². The summed E-state index contributed by atoms with van der Waals surface area (Å²) >= 11 is 1.26. The van der Waals surface area contributed by atoms with Crippen LogP contribution in [0.3, 0.4) is 0 Å². The van der Waals surface area contributed by atoms with E-state index in [4.69, 9.17) is 14.6 Å². The fraction of sp³-hybridized carbons (Fsp3) is 0.400. The van der Waals surface area contributed by atoms with Crippen LogP contribution in [0.2, 0.25) is 0 Å². The highest BCUT2D eigenvalue weighted by Crippen LogP contribution is 2.44. The summed E-state index contributed by atoms with van der Waals surface area (Å²) in [6, 6.07) is 16.3. The van der Waals surface area contributed by atoms with Crippen molar-refractivity contribution < 1.29 is 29.0 Å². The van der Waals surface area contributed by atoms with Gasteiger partial charge in [0.05, 0.1) is 24.4 Å². The van der Waals surface area contributed by atoms with Crippen LogP contribution in [-0.4, -0.2) is 67.0 Å². The number of carbonyl (C=O) groups is 3. The summed E-state index contributed by atoms with van der Waals surface area (Å²) in [6.45, 7) is 1.23. The number of nitrogens with one attached hydrogen (secondary N) is 2. The fourth-order valence-corrected chi connectivity index (χ4v) is 4.99. The van der Waals surface area contributed by atoms with Crippen LogP contribution in [0.1, 0.15) is 23.5 Å². The van der Waals surface area contributed by atoms with Crippen molar-refractivity contribution >= 4 is 29.7 Å². The predicted octanol–water partition coefficient (Wildman–Crippen LogP) is 2.86. The van der Waals surface area contributed by atoms with Gasteiger partial charge in [-0.3, -0.25) is 9.59 Å². The maximum atomic E-state index is 12.3. The first kappa shape index (κ1) is 24.1. The first-order valence-corrected chi connectivity index (χ1v) is 12.5. The Kier molecular flexibility index (Phi) is 8.08. The minimum absolute atomic E-state index is 0.00242. The number of hydrogen-bond donors (Lipinski definition) is 3. The molecule has 34 heavy (non-hydrogen) atoms. The Labute approximate surface area is 202 Å². The quantitative estimate of drug-likeness (QED) is 0.444. The molecule has 3 N–H and O–H groups in total. The maximum Gasteiger partial charge on any atom is 0.407 e. The third-order valence-corrected chi connectivity index (χ3v) is 6.98. The van der Waals surface area contributed by atoms with Gasteiger partial charge in [-0.25, -0.2) is 4.79 Å². The topological polar surface area (TPSA) is 114 Å². The lowest BCUT2D eigenvalue weighted by atomic mass is 9.98. The van der Waals surface area contributed by atoms with E-state index >= 15 is 0 Å². The van der Waals surface area contributed by atoms with E-state index in [1.54, 1.807) is 0 Å². The van der Waals surface area contributed by atoms with Crippen molar-refractivity contribution in [3.63, 3.8) is 0 Å². The Hall–Kier alpha value is -3.04. The van der Waals surface area contributed by atoms with Crippen LogP contribution in [-0.2, 0) is 19.1 Å². The molecule has 1 saturated heterocycles. The first-order chi connectivity index (χ1) is 16.5. The predicted molar refractivity (Wildman–Crippen MR) is 129 cm³/mol. The Balaban J connectivity index is 1.18. The van der Waals surface area contributed by atoms with E-state index in [0.29, 0.717) is 25.3 Å². The Morgan fingerprint density at radius 3 is 2.38 bits per heavy atom. The van der Waals surface area contributed by atoms with Crippen LogP contribution >= 0.6 is 11.8 Å². The van der Waals surface area contributed by atoms with Crippen molar-refractivity contribution in [2.45, 2.75) is 18.4 Å². The average Bonchev–Trinajstić information content (AvgIpc) is 3.44. The summed E-state index contributed by atoms with van der Waals surface area (Å²) in [5, 5.41) is 14.2. The number of thioether (sulfide) groups is 1. The smallest absolute Gasteiger partial charge is 0.407 e. The Bertz CT molecular complexity index is 1000. The maximum absolute atomic E-state index is 12.3. The summed E-state index contributed by atoms with van der Waals surface area (Å²) in [7, 11) is 0. The second-order valence-corrected chi connectivity index (χ2v) is 9.44. The van der Waals surface area contributed by atoms with Gasteiger partial charge in [-0.05, 0) is 28.7 Å². The fourth-order valence-electron chi connectivity index (χ4n) is 4.43. The molecule has 2 aromatic rings. The molecule has 2 amide bonds. The number of ether oxygens (including phenoxy) is 2. The number of carboxylic acid groups (broad SMARTS) is 1. The van der Waals surface area contributed by atoms with E-state index < -0.39 is 12.1 Å². The zero-order valence-corrected chi connectivity index (χ0v) is 19.5. The van der Waals surface area contributed by atoms with Gasteiger partial charge in [0.25, 0.3) is 0 Å². The largest absolute Gasteiger partial charge is 0.481 e. The highest BCUT2D eigenvalue weighted by Gasteiger charge is 2.32. The minimum Gasteiger partial charge on any atom is -0.481 e. The van der Waals surface area contributed by atoms with Gasteiger partial charge in [0, 0.05) is 24.8 Å². The van der Waals surface area contributed by atoms with E-state index in [1.165, 1.54) is 22.9 Å². The van der Waals surface area contributed by atoms with Gasteiger partial charge < -0.3 is 25.2 Å². The molecule has 9 heteroatoms. The molecule has 1 aliphatic heterocycles. The van der Waals surface area contributed by atoms with Crippen LogP contribution in [0.15, 0.2) is 48.5 Å². The number of carboxylic acids is 1. The number of amides is 2. The molecule has 2 aromatic carbocycles. The van der Waals surface area contributed by atoms with Gasteiger partial charge in [0.2, 0.25) is 5.91 Å². The van der Waals surface area contributed by atoms with E-state index in [1.807, 2.05) is 24.3 Å². The number of benzene rings is 2. The van der Waals surface area contributed by atoms with Gasteiger partial charge in [0.15, 0.2) is 0 Å². The van der Waals surface area contributed by atoms with Gasteiger partial charge in [-0.15, -0.1) is 11.8 Å². The van der Waals surface area contributed by atoms with Gasteiger partial charge in [-0.2, -0.15) is 0 Å². The summed E-state index contributed by atoms with van der Waals surface area (Å²) in [6.07, 6.45) is -0.246. The van der Waals surface area contributed by atoms with E-state index in [0.717, 1.165) is 11.1 Å². The van der Waals surface area contributed by atoms with Gasteiger partial charge in [-0.1, -0.05) is 48.5 Å². The molecule has 8 nitrogen and oxygen atoms in total. The summed E-state index contributed by atoms with van der Waals surface area (Å²) in [5.74, 6) is -0.696. The molecule has 180 valence electrons. The van der Waals surface area contributed by atoms with Crippen molar-refractivity contribution in [3.05, 3.63) is 59.7 Å². The van der Waals surface area contributed by atoms with Crippen molar-refractivity contribution in [2.24, 2.45) is 5.92 Å². The summed E-state index contributed by atoms with van der Waals surface area (Å²) < 4.78 is 11.2. The number of hydrogen-bond acceptors (Lipinski definition) is 6. The molecule has 0 aromatic heterocycles. The van der Waals surface area contributed by atoms with E-state index in [2.05, 4.69) is 34.9 Å². The van der Waals surface area contributed by atoms with E-state index in [-0.39, 0.29) is 42.8 Å². The molecule has 0 radical (unpaired) electrons. The number of fused-ring (bicyclic) bond motifs is 3. The molecule has 4 rings (SSSR count). The lowest BCUT2D eigenvalue weighted by Gasteiger charge is -2.15. The summed E-state index contributed by atoms with van der Waals surface area (Å²) in [5.41, 5.74) is 4.67. The standard InChI is InChI=1S/C25H28N2O6S/c28-23(29)15-34-10-9-26-24(30)16-11-17(32-13-16)12-27-25(31)33-14-22-20-7-3-1-5-18(20)19-6-2-4-8-21(19)22/h1-8,16-17,22H,9-15H2,(H,26,30)(H,27,31)(H,28,29). The van der Waals surface area contributed by atoms with Crippen LogP contribution in [0.25, 0.3) is 11.1 Å². The lowest BCUT2D eigenvalue weighted by Crippen LogP contribution is -2.34. The van der Waals surface area contributed by atoms with Crippen molar-refractivity contribution in [2.75, 3.05) is 37.8 Å².